The van der Waals surface area contributed by atoms with E-state index in [-0.39, 0.29) is 18.6 Å². The molecule has 0 spiro atoms. The summed E-state index contributed by atoms with van der Waals surface area (Å²) in [6, 6.07) is 5.49. The number of anilines is 1. The van der Waals surface area contributed by atoms with Crippen LogP contribution in [0.2, 0.25) is 0 Å². The Hall–Kier alpha value is -4.22. The molecule has 0 saturated carbocycles. The molecule has 1 aromatic carbocycles. The maximum atomic E-state index is 13.3. The second kappa shape index (κ2) is 15.5. The van der Waals surface area contributed by atoms with Crippen LogP contribution >= 0.6 is 0 Å². The Bertz CT molecular complexity index is 1290. The van der Waals surface area contributed by atoms with Crippen molar-refractivity contribution in [2.75, 3.05) is 25.2 Å². The summed E-state index contributed by atoms with van der Waals surface area (Å²) in [5.41, 5.74) is 9.80. The van der Waals surface area contributed by atoms with Crippen molar-refractivity contribution in [3.63, 3.8) is 0 Å². The van der Waals surface area contributed by atoms with Gasteiger partial charge in [0.15, 0.2) is 5.84 Å². The molecule has 2 aromatic rings. The van der Waals surface area contributed by atoms with E-state index in [1.165, 1.54) is 6.42 Å². The number of aliphatic hydroxyl groups is 1. The molecule has 0 bridgehead atoms. The lowest BCUT2D eigenvalue weighted by Gasteiger charge is -2.29. The highest BCUT2D eigenvalue weighted by molar-refractivity contribution is 5.99. The predicted octanol–water partition coefficient (Wildman–Crippen LogP) is 3.62. The van der Waals surface area contributed by atoms with E-state index < -0.39 is 0 Å². The van der Waals surface area contributed by atoms with Gasteiger partial charge in [0, 0.05) is 31.2 Å². The number of nitrogens with one attached hydrogen (secondary N) is 3. The monoisotopic (exact) mass is 562 g/mol. The number of amides is 1. The SMILES string of the molecule is C/C=C(/C=C\C=C(/C)C1=NNNN1C(C)CO)NC(=O)c1cc2c(cc1OC)CCN(c1ncccn1)C2.CCC. The molecule has 1 amide bonds. The fraction of sp³-hybridized carbons (Fsp3) is 0.400. The third-order valence-electron chi connectivity index (χ3n) is 6.42. The van der Waals surface area contributed by atoms with Gasteiger partial charge in [-0.2, -0.15) is 0 Å². The molecule has 0 fully saturated rings. The first kappa shape index (κ1) is 31.3. The van der Waals surface area contributed by atoms with Crippen molar-refractivity contribution >= 4 is 17.7 Å². The van der Waals surface area contributed by atoms with E-state index in [4.69, 9.17) is 4.74 Å². The number of rotatable bonds is 9. The van der Waals surface area contributed by atoms with Crippen LogP contribution in [0.1, 0.15) is 62.5 Å². The Labute approximate surface area is 242 Å². The van der Waals surface area contributed by atoms with Gasteiger partial charge >= 0.3 is 0 Å². The first-order valence-electron chi connectivity index (χ1n) is 13.9. The molecule has 220 valence electrons. The number of hydrazine groups is 2. The van der Waals surface area contributed by atoms with Gasteiger partial charge in [-0.05, 0) is 68.2 Å². The van der Waals surface area contributed by atoms with Gasteiger partial charge in [0.05, 0.1) is 25.3 Å². The lowest BCUT2D eigenvalue weighted by atomic mass is 9.96. The van der Waals surface area contributed by atoms with E-state index in [1.807, 2.05) is 57.2 Å². The fourth-order valence-corrected chi connectivity index (χ4v) is 4.25. The summed E-state index contributed by atoms with van der Waals surface area (Å²) in [4.78, 5) is 24.1. The number of fused-ring (bicyclic) bond motifs is 1. The molecule has 1 aromatic heterocycles. The molecule has 1 atom stereocenters. The molecule has 2 aliphatic heterocycles. The van der Waals surface area contributed by atoms with Crippen LogP contribution < -0.4 is 26.0 Å². The number of benzene rings is 1. The molecule has 0 aliphatic carbocycles. The Kier molecular flexibility index (Phi) is 11.9. The van der Waals surface area contributed by atoms with E-state index in [1.54, 1.807) is 30.6 Å². The van der Waals surface area contributed by atoms with E-state index in [9.17, 15) is 9.90 Å². The number of carbonyl (C=O) groups excluding carboxylic acids is 1. The highest BCUT2D eigenvalue weighted by Crippen LogP contribution is 2.29. The summed E-state index contributed by atoms with van der Waals surface area (Å²) in [6.45, 7) is 11.3. The molecular formula is C30H42N8O3. The minimum Gasteiger partial charge on any atom is -0.496 e. The molecule has 3 heterocycles. The van der Waals surface area contributed by atoms with Crippen molar-refractivity contribution < 1.29 is 14.6 Å². The van der Waals surface area contributed by atoms with Crippen molar-refractivity contribution in [2.24, 2.45) is 5.10 Å². The van der Waals surface area contributed by atoms with Gasteiger partial charge in [-0.3, -0.25) is 9.80 Å². The molecule has 0 radical (unpaired) electrons. The van der Waals surface area contributed by atoms with E-state index in [0.29, 0.717) is 35.3 Å². The molecule has 1 unspecified atom stereocenters. The molecule has 0 saturated heterocycles. The molecule has 4 rings (SSSR count). The average Bonchev–Trinajstić information content (AvgIpc) is 3.50. The van der Waals surface area contributed by atoms with Crippen molar-refractivity contribution in [3.8, 4) is 5.75 Å². The van der Waals surface area contributed by atoms with Gasteiger partial charge in [-0.15, -0.1) is 10.6 Å². The molecule has 4 N–H and O–H groups in total. The number of aliphatic hydroxyl groups excluding tert-OH is 1. The summed E-state index contributed by atoms with van der Waals surface area (Å²) in [6.07, 6.45) is 12.9. The van der Waals surface area contributed by atoms with Crippen LogP contribution in [0.4, 0.5) is 5.95 Å². The highest BCUT2D eigenvalue weighted by atomic mass is 16.5. The van der Waals surface area contributed by atoms with Crippen LogP contribution in [0.3, 0.4) is 0 Å². The minimum atomic E-state index is -0.257. The topological polar surface area (TPSA) is 127 Å². The number of hydrazone groups is 1. The number of carbonyl (C=O) groups is 1. The quantitative estimate of drug-likeness (QED) is 0.339. The third-order valence-corrected chi connectivity index (χ3v) is 6.42. The number of ether oxygens (including phenoxy) is 1. The van der Waals surface area contributed by atoms with Gasteiger partial charge in [-0.25, -0.2) is 15.5 Å². The van der Waals surface area contributed by atoms with Crippen molar-refractivity contribution in [3.05, 3.63) is 82.9 Å². The summed E-state index contributed by atoms with van der Waals surface area (Å²) >= 11 is 0. The van der Waals surface area contributed by atoms with Gasteiger partial charge < -0.3 is 20.1 Å². The first-order chi connectivity index (χ1) is 19.9. The molecular weight excluding hydrogens is 520 g/mol. The maximum Gasteiger partial charge on any atom is 0.259 e. The van der Waals surface area contributed by atoms with Crippen molar-refractivity contribution in [2.45, 2.75) is 60.0 Å². The number of methoxy groups -OCH3 is 1. The van der Waals surface area contributed by atoms with Crippen LogP contribution in [-0.2, 0) is 13.0 Å². The Balaban J connectivity index is 0.00000147. The molecule has 2 aliphatic rings. The number of allylic oxidation sites excluding steroid dienone is 4. The highest BCUT2D eigenvalue weighted by Gasteiger charge is 2.24. The lowest BCUT2D eigenvalue weighted by molar-refractivity contribution is 0.0964. The van der Waals surface area contributed by atoms with Crippen LogP contribution in [0.25, 0.3) is 0 Å². The molecule has 11 nitrogen and oxygen atoms in total. The zero-order valence-corrected chi connectivity index (χ0v) is 24.8. The second-order valence-electron chi connectivity index (χ2n) is 9.72. The lowest BCUT2D eigenvalue weighted by Crippen LogP contribution is -2.48. The first-order valence-corrected chi connectivity index (χ1v) is 13.9. The zero-order valence-electron chi connectivity index (χ0n) is 24.8. The minimum absolute atomic E-state index is 0.0181. The van der Waals surface area contributed by atoms with E-state index >= 15 is 0 Å². The van der Waals surface area contributed by atoms with Crippen molar-refractivity contribution in [1.29, 1.82) is 0 Å². The largest absolute Gasteiger partial charge is 0.496 e. The van der Waals surface area contributed by atoms with Crippen molar-refractivity contribution in [1.82, 2.24) is 31.4 Å². The number of aromatic nitrogens is 2. The second-order valence-corrected chi connectivity index (χ2v) is 9.72. The van der Waals surface area contributed by atoms with E-state index in [0.717, 1.165) is 29.7 Å². The van der Waals surface area contributed by atoms with Crippen LogP contribution in [0.15, 0.2) is 71.3 Å². The summed E-state index contributed by atoms with van der Waals surface area (Å²) in [7, 11) is 1.58. The smallest absolute Gasteiger partial charge is 0.259 e. The summed E-state index contributed by atoms with van der Waals surface area (Å²) in [5, 5.41) is 18.4. The van der Waals surface area contributed by atoms with Crippen LogP contribution in [-0.4, -0.2) is 58.1 Å². The van der Waals surface area contributed by atoms with Gasteiger partial charge in [0.1, 0.15) is 5.75 Å². The van der Waals surface area contributed by atoms with Gasteiger partial charge in [-0.1, -0.05) is 38.5 Å². The van der Waals surface area contributed by atoms with Gasteiger partial charge in [0.2, 0.25) is 5.95 Å². The van der Waals surface area contributed by atoms with Crippen LogP contribution in [0.5, 0.6) is 5.75 Å². The normalized spacial score (nSPS) is 15.9. The fourth-order valence-electron chi connectivity index (χ4n) is 4.25. The van der Waals surface area contributed by atoms with Crippen LogP contribution in [0, 0.1) is 0 Å². The summed E-state index contributed by atoms with van der Waals surface area (Å²) in [5.74, 6) is 1.63. The standard InChI is InChI=1S/C27H34N8O3.C3H8/c1-5-22(9-6-8-18(2)25-31-32-33-35(25)19(3)17-36)30-26(37)23-14-21-16-34(27-28-11-7-12-29-27)13-10-20(21)15-24(23)38-4;1-3-2/h5-9,11-12,14-15,19,32-33,36H,10,13,16-17H2,1-4H3,(H,30,37);3H2,1-2H3/b9-6-,18-8+,22-5-;. The summed E-state index contributed by atoms with van der Waals surface area (Å²) < 4.78 is 5.57. The molecule has 11 heteroatoms. The Morgan fingerprint density at radius 1 is 1.24 bits per heavy atom. The third kappa shape index (κ3) is 8.15. The predicted molar refractivity (Wildman–Crippen MR) is 162 cm³/mol. The maximum absolute atomic E-state index is 13.3. The average molecular weight is 563 g/mol. The van der Waals surface area contributed by atoms with Gasteiger partial charge in [0.25, 0.3) is 5.91 Å². The zero-order chi connectivity index (χ0) is 29.8. The Morgan fingerprint density at radius 3 is 2.63 bits per heavy atom. The number of hydrogen-bond acceptors (Lipinski definition) is 10. The molecule has 41 heavy (non-hydrogen) atoms. The Morgan fingerprint density at radius 2 is 1.98 bits per heavy atom. The number of hydrogen-bond donors (Lipinski definition) is 4. The van der Waals surface area contributed by atoms with E-state index in [2.05, 4.69) is 50.2 Å². The number of amidine groups is 1. The number of nitrogens with zero attached hydrogens (tertiary/aromatic N) is 5.